The molecule has 4 rings (SSSR count). The van der Waals surface area contributed by atoms with Crippen LogP contribution in [-0.2, 0) is 9.53 Å². The van der Waals surface area contributed by atoms with Crippen molar-refractivity contribution in [2.24, 2.45) is 4.99 Å². The first-order valence-electron chi connectivity index (χ1n) is 11.2. The van der Waals surface area contributed by atoms with Gasteiger partial charge in [0.1, 0.15) is 11.9 Å². The summed E-state index contributed by atoms with van der Waals surface area (Å²) in [5.41, 5.74) is 2.86. The molecule has 10 heteroatoms. The maximum Gasteiger partial charge on any atom is 0.338 e. The summed E-state index contributed by atoms with van der Waals surface area (Å²) in [6, 6.07) is 10.7. The fourth-order valence-electron chi connectivity index (χ4n) is 3.79. The lowest BCUT2D eigenvalue weighted by Gasteiger charge is -2.29. The lowest BCUT2D eigenvalue weighted by Crippen LogP contribution is -2.40. The van der Waals surface area contributed by atoms with E-state index in [1.165, 1.54) is 28.4 Å². The molecule has 3 aromatic rings. The van der Waals surface area contributed by atoms with E-state index in [0.717, 1.165) is 5.56 Å². The topological polar surface area (TPSA) is 83.9 Å². The van der Waals surface area contributed by atoms with Crippen molar-refractivity contribution in [1.82, 2.24) is 15.2 Å². The molecule has 1 aromatic heterocycles. The van der Waals surface area contributed by atoms with E-state index < -0.39 is 17.8 Å². The van der Waals surface area contributed by atoms with E-state index in [9.17, 15) is 14.0 Å². The molecular weight excluding hydrogens is 547 g/mol. The average Bonchev–Trinajstić information content (AvgIpc) is 3.39. The maximum atomic E-state index is 13.9. The Morgan fingerprint density at radius 2 is 1.97 bits per heavy atom. The van der Waals surface area contributed by atoms with Crippen LogP contribution in [0, 0.1) is 12.7 Å². The van der Waals surface area contributed by atoms with Crippen LogP contribution in [0.2, 0.25) is 0 Å². The van der Waals surface area contributed by atoms with Crippen LogP contribution in [0.4, 0.5) is 4.39 Å². The summed E-state index contributed by atoms with van der Waals surface area (Å²) in [6.45, 7) is 3.91. The third-order valence-electron chi connectivity index (χ3n) is 5.55. The summed E-state index contributed by atoms with van der Waals surface area (Å²) in [5.74, 6) is -0.746. The average molecular weight is 571 g/mol. The van der Waals surface area contributed by atoms with Crippen molar-refractivity contribution in [2.45, 2.75) is 19.9 Å². The number of rotatable bonds is 7. The number of hydrogen-bond donors (Lipinski definition) is 1. The minimum absolute atomic E-state index is 0.0839. The van der Waals surface area contributed by atoms with Gasteiger partial charge in [0.2, 0.25) is 0 Å². The van der Waals surface area contributed by atoms with Crippen LogP contribution >= 0.6 is 27.3 Å². The van der Waals surface area contributed by atoms with Gasteiger partial charge in [-0.25, -0.2) is 14.2 Å². The number of likely N-dealkylation sites (N-methyl/N-ethyl adjacent to an activating group) is 1. The first kappa shape index (κ1) is 25.7. The Bertz CT molecular complexity index is 1340. The number of ether oxygens (including phenoxy) is 1. The van der Waals surface area contributed by atoms with Crippen LogP contribution in [0.3, 0.4) is 0 Å². The molecule has 1 aliphatic rings. The third kappa shape index (κ3) is 5.55. The van der Waals surface area contributed by atoms with E-state index in [0.29, 0.717) is 32.1 Å². The number of aliphatic imine (C=N–C) groups is 1. The maximum absolute atomic E-state index is 13.9. The van der Waals surface area contributed by atoms with Gasteiger partial charge in [-0.3, -0.25) is 9.79 Å². The molecule has 7 nitrogen and oxygen atoms in total. The number of amides is 1. The molecule has 1 unspecified atom stereocenters. The van der Waals surface area contributed by atoms with Crippen molar-refractivity contribution in [3.63, 3.8) is 0 Å². The Hall–Kier alpha value is -3.37. The third-order valence-corrected chi connectivity index (χ3v) is 7.02. The van der Waals surface area contributed by atoms with Crippen molar-refractivity contribution in [3.05, 3.63) is 97.3 Å². The SMILES string of the molecule is CCOC(=O)C1=C(CN(C)C(=O)c2ccc(C)cc2)NC(c2nccs2)=NC1c1ccc(F)cc1Br. The normalized spacial score (nSPS) is 15.2. The molecule has 1 aliphatic heterocycles. The zero-order valence-electron chi connectivity index (χ0n) is 19.9. The molecule has 0 radical (unpaired) electrons. The predicted octanol–water partition coefficient (Wildman–Crippen LogP) is 5.03. The van der Waals surface area contributed by atoms with Crippen LogP contribution < -0.4 is 5.32 Å². The van der Waals surface area contributed by atoms with Crippen LogP contribution in [0.15, 0.2) is 74.8 Å². The number of aromatic nitrogens is 1. The lowest BCUT2D eigenvalue weighted by molar-refractivity contribution is -0.139. The molecule has 0 saturated heterocycles. The second-order valence-corrected chi connectivity index (χ2v) is 9.90. The molecule has 0 aliphatic carbocycles. The van der Waals surface area contributed by atoms with Crippen LogP contribution in [-0.4, -0.2) is 47.8 Å². The van der Waals surface area contributed by atoms with Crippen LogP contribution in [0.5, 0.6) is 0 Å². The second-order valence-electron chi connectivity index (χ2n) is 8.15. The molecule has 186 valence electrons. The summed E-state index contributed by atoms with van der Waals surface area (Å²) < 4.78 is 19.7. The summed E-state index contributed by atoms with van der Waals surface area (Å²) in [5, 5.41) is 5.65. The number of nitrogens with one attached hydrogen (secondary N) is 1. The Balaban J connectivity index is 1.79. The zero-order valence-corrected chi connectivity index (χ0v) is 22.3. The number of carbonyl (C=O) groups is 2. The van der Waals surface area contributed by atoms with Gasteiger partial charge < -0.3 is 15.0 Å². The number of hydrogen-bond acceptors (Lipinski definition) is 7. The smallest absolute Gasteiger partial charge is 0.338 e. The fraction of sp³-hybridized carbons (Fsp3) is 0.231. The van der Waals surface area contributed by atoms with E-state index >= 15 is 0 Å². The van der Waals surface area contributed by atoms with Crippen molar-refractivity contribution < 1.29 is 18.7 Å². The quantitative estimate of drug-likeness (QED) is 0.402. The highest BCUT2D eigenvalue weighted by atomic mass is 79.9. The van der Waals surface area contributed by atoms with Crippen molar-refractivity contribution in [3.8, 4) is 0 Å². The number of benzene rings is 2. The number of carbonyl (C=O) groups excluding carboxylic acids is 2. The molecule has 1 amide bonds. The molecular formula is C26H24BrFN4O3S. The van der Waals surface area contributed by atoms with Gasteiger partial charge in [-0.2, -0.15) is 0 Å². The Kier molecular flexibility index (Phi) is 7.95. The van der Waals surface area contributed by atoms with Crippen LogP contribution in [0.1, 0.15) is 39.5 Å². The van der Waals surface area contributed by atoms with E-state index in [1.54, 1.807) is 38.4 Å². The minimum atomic E-state index is -0.808. The second kappa shape index (κ2) is 11.1. The highest BCUT2D eigenvalue weighted by Gasteiger charge is 2.34. The molecule has 0 fully saturated rings. The standard InChI is InChI=1S/C26H24BrFN4O3S/c1-4-35-26(34)21-20(14-32(3)25(33)16-7-5-15(2)6-8-16)30-23(24-29-11-12-36-24)31-22(21)18-10-9-17(28)13-19(18)27/h5-13,22H,4,14H2,1-3H3,(H,30,31). The summed E-state index contributed by atoms with van der Waals surface area (Å²) >= 11 is 4.80. The van der Waals surface area contributed by atoms with Gasteiger partial charge in [0.05, 0.1) is 18.7 Å². The minimum Gasteiger partial charge on any atom is -0.463 e. The van der Waals surface area contributed by atoms with Gasteiger partial charge >= 0.3 is 5.97 Å². The molecule has 0 bridgehead atoms. The monoisotopic (exact) mass is 570 g/mol. The highest BCUT2D eigenvalue weighted by Crippen LogP contribution is 2.37. The first-order valence-corrected chi connectivity index (χ1v) is 12.9. The van der Waals surface area contributed by atoms with E-state index in [1.807, 2.05) is 24.4 Å². The van der Waals surface area contributed by atoms with Crippen molar-refractivity contribution in [1.29, 1.82) is 0 Å². The molecule has 2 aromatic carbocycles. The Morgan fingerprint density at radius 3 is 2.61 bits per heavy atom. The van der Waals surface area contributed by atoms with Gasteiger partial charge in [0.25, 0.3) is 5.91 Å². The molecule has 36 heavy (non-hydrogen) atoms. The summed E-state index contributed by atoms with van der Waals surface area (Å²) in [6.07, 6.45) is 1.66. The number of halogens is 2. The molecule has 1 atom stereocenters. The number of esters is 1. The van der Waals surface area contributed by atoms with Gasteiger partial charge in [-0.15, -0.1) is 11.3 Å². The van der Waals surface area contributed by atoms with Gasteiger partial charge in [0.15, 0.2) is 10.8 Å². The summed E-state index contributed by atoms with van der Waals surface area (Å²) in [7, 11) is 1.66. The number of aryl methyl sites for hydroxylation is 1. The molecule has 0 spiro atoms. The predicted molar refractivity (Wildman–Crippen MR) is 140 cm³/mol. The fourth-order valence-corrected chi connectivity index (χ4v) is 4.95. The lowest BCUT2D eigenvalue weighted by atomic mass is 9.95. The number of thiazole rings is 1. The van der Waals surface area contributed by atoms with E-state index in [-0.39, 0.29) is 24.6 Å². The number of nitrogens with zero attached hydrogens (tertiary/aromatic N) is 3. The van der Waals surface area contributed by atoms with Gasteiger partial charge in [-0.05, 0) is 43.7 Å². The molecule has 2 heterocycles. The Morgan fingerprint density at radius 1 is 1.22 bits per heavy atom. The van der Waals surface area contributed by atoms with E-state index in [4.69, 9.17) is 9.73 Å². The first-order chi connectivity index (χ1) is 17.3. The number of amidine groups is 1. The van der Waals surface area contributed by atoms with Crippen molar-refractivity contribution in [2.75, 3.05) is 20.2 Å². The molecule has 1 N–H and O–H groups in total. The zero-order chi connectivity index (χ0) is 25.8. The Labute approximate surface area is 220 Å². The molecule has 0 saturated carbocycles. The largest absolute Gasteiger partial charge is 0.463 e. The van der Waals surface area contributed by atoms with Crippen LogP contribution in [0.25, 0.3) is 0 Å². The summed E-state index contributed by atoms with van der Waals surface area (Å²) in [4.78, 5) is 37.0. The van der Waals surface area contributed by atoms with E-state index in [2.05, 4.69) is 26.2 Å². The van der Waals surface area contributed by atoms with Crippen molar-refractivity contribution >= 4 is 45.0 Å². The highest BCUT2D eigenvalue weighted by molar-refractivity contribution is 9.10. The van der Waals surface area contributed by atoms with Gasteiger partial charge in [0, 0.05) is 34.4 Å². The van der Waals surface area contributed by atoms with Gasteiger partial charge in [-0.1, -0.05) is 39.7 Å².